The molecule has 1 aromatic rings. The molecule has 0 atom stereocenters. The van der Waals surface area contributed by atoms with Gasteiger partial charge < -0.3 is 10.3 Å². The molecule has 1 fully saturated rings. The molecule has 4 nitrogen and oxygen atoms in total. The van der Waals surface area contributed by atoms with Gasteiger partial charge in [-0.3, -0.25) is 0 Å². The Morgan fingerprint density at radius 3 is 2.81 bits per heavy atom. The number of nitrogens with zero attached hydrogens (tertiary/aromatic N) is 3. The van der Waals surface area contributed by atoms with E-state index >= 15 is 0 Å². The van der Waals surface area contributed by atoms with E-state index in [0.29, 0.717) is 0 Å². The zero-order valence-corrected chi connectivity index (χ0v) is 10.3. The van der Waals surface area contributed by atoms with E-state index in [0.717, 1.165) is 42.5 Å². The van der Waals surface area contributed by atoms with E-state index in [1.165, 1.54) is 19.3 Å². The van der Waals surface area contributed by atoms with E-state index in [-0.39, 0.29) is 5.54 Å². The highest BCUT2D eigenvalue weighted by Gasteiger charge is 2.35. The van der Waals surface area contributed by atoms with Gasteiger partial charge in [-0.1, -0.05) is 19.3 Å². The van der Waals surface area contributed by atoms with Gasteiger partial charge in [0.15, 0.2) is 5.82 Å². The SMILES string of the molecule is NC1(c2nnc3n2CCSC3)CCCCC1. The molecule has 0 spiro atoms. The Kier molecular flexibility index (Phi) is 2.67. The lowest BCUT2D eigenvalue weighted by Gasteiger charge is -2.33. The van der Waals surface area contributed by atoms with Gasteiger partial charge in [0.2, 0.25) is 0 Å². The summed E-state index contributed by atoms with van der Waals surface area (Å²) < 4.78 is 2.27. The van der Waals surface area contributed by atoms with Gasteiger partial charge in [-0.15, -0.1) is 10.2 Å². The maximum atomic E-state index is 6.52. The van der Waals surface area contributed by atoms with Crippen LogP contribution in [0.25, 0.3) is 0 Å². The van der Waals surface area contributed by atoms with Crippen LogP contribution in [0.5, 0.6) is 0 Å². The van der Waals surface area contributed by atoms with Crippen molar-refractivity contribution in [3.63, 3.8) is 0 Å². The average molecular weight is 238 g/mol. The molecule has 16 heavy (non-hydrogen) atoms. The molecule has 1 aromatic heterocycles. The van der Waals surface area contributed by atoms with Crippen LogP contribution in [-0.2, 0) is 17.8 Å². The van der Waals surface area contributed by atoms with Crippen molar-refractivity contribution in [2.75, 3.05) is 5.75 Å². The number of thioether (sulfide) groups is 1. The molecular formula is C11H18N4S. The maximum Gasteiger partial charge on any atom is 0.153 e. The summed E-state index contributed by atoms with van der Waals surface area (Å²) in [6.07, 6.45) is 5.91. The molecule has 0 aromatic carbocycles. The van der Waals surface area contributed by atoms with Crippen molar-refractivity contribution in [1.29, 1.82) is 0 Å². The molecule has 2 N–H and O–H groups in total. The van der Waals surface area contributed by atoms with Gasteiger partial charge in [0, 0.05) is 12.3 Å². The van der Waals surface area contributed by atoms with E-state index in [2.05, 4.69) is 14.8 Å². The summed E-state index contributed by atoms with van der Waals surface area (Å²) in [6.45, 7) is 1.03. The fourth-order valence-electron chi connectivity index (χ4n) is 2.77. The third-order valence-corrected chi connectivity index (χ3v) is 4.64. The highest BCUT2D eigenvalue weighted by atomic mass is 32.2. The predicted octanol–water partition coefficient (Wildman–Crippen LogP) is 1.64. The van der Waals surface area contributed by atoms with Crippen LogP contribution in [0.3, 0.4) is 0 Å². The Morgan fingerprint density at radius 1 is 1.19 bits per heavy atom. The number of fused-ring (bicyclic) bond motifs is 1. The largest absolute Gasteiger partial charge is 0.319 e. The van der Waals surface area contributed by atoms with E-state index in [4.69, 9.17) is 5.73 Å². The molecule has 0 saturated heterocycles. The summed E-state index contributed by atoms with van der Waals surface area (Å²) in [5.74, 6) is 4.31. The molecule has 0 bridgehead atoms. The molecule has 2 heterocycles. The molecule has 0 unspecified atom stereocenters. The molecule has 5 heteroatoms. The molecular weight excluding hydrogens is 220 g/mol. The van der Waals surface area contributed by atoms with Gasteiger partial charge in [0.1, 0.15) is 5.82 Å². The van der Waals surface area contributed by atoms with E-state index in [9.17, 15) is 0 Å². The fraction of sp³-hybridized carbons (Fsp3) is 0.818. The summed E-state index contributed by atoms with van der Waals surface area (Å²) in [4.78, 5) is 0. The first-order chi connectivity index (χ1) is 7.80. The lowest BCUT2D eigenvalue weighted by Crippen LogP contribution is -2.41. The van der Waals surface area contributed by atoms with Crippen molar-refractivity contribution in [2.45, 2.75) is 49.9 Å². The summed E-state index contributed by atoms with van der Waals surface area (Å²) >= 11 is 1.93. The van der Waals surface area contributed by atoms with Crippen LogP contribution in [0.1, 0.15) is 43.8 Å². The molecule has 88 valence electrons. The summed E-state index contributed by atoms with van der Waals surface area (Å²) in [7, 11) is 0. The van der Waals surface area contributed by atoms with Crippen LogP contribution < -0.4 is 5.73 Å². The van der Waals surface area contributed by atoms with Gasteiger partial charge in [-0.25, -0.2) is 0 Å². The fourth-order valence-corrected chi connectivity index (χ4v) is 3.62. The summed E-state index contributed by atoms with van der Waals surface area (Å²) in [6, 6.07) is 0. The van der Waals surface area contributed by atoms with E-state index < -0.39 is 0 Å². The molecule has 1 saturated carbocycles. The van der Waals surface area contributed by atoms with Gasteiger partial charge in [-0.2, -0.15) is 11.8 Å². The summed E-state index contributed by atoms with van der Waals surface area (Å²) in [5, 5.41) is 8.66. The second-order valence-corrected chi connectivity index (χ2v) is 5.97. The van der Waals surface area contributed by atoms with Crippen molar-refractivity contribution < 1.29 is 0 Å². The highest BCUT2D eigenvalue weighted by Crippen LogP contribution is 2.35. The maximum absolute atomic E-state index is 6.52. The summed E-state index contributed by atoms with van der Waals surface area (Å²) in [5.41, 5.74) is 6.32. The molecule has 0 amide bonds. The Hall–Kier alpha value is -0.550. The zero-order chi connectivity index (χ0) is 11.0. The lowest BCUT2D eigenvalue weighted by molar-refractivity contribution is 0.277. The third-order valence-electron chi connectivity index (χ3n) is 3.71. The lowest BCUT2D eigenvalue weighted by atomic mass is 9.82. The van der Waals surface area contributed by atoms with Crippen LogP contribution in [-0.4, -0.2) is 20.5 Å². The minimum absolute atomic E-state index is 0.203. The number of hydrogen-bond donors (Lipinski definition) is 1. The predicted molar refractivity (Wildman–Crippen MR) is 65.1 cm³/mol. The number of aromatic nitrogens is 3. The monoisotopic (exact) mass is 238 g/mol. The minimum atomic E-state index is -0.203. The van der Waals surface area contributed by atoms with Crippen LogP contribution in [0, 0.1) is 0 Å². The molecule has 1 aliphatic carbocycles. The van der Waals surface area contributed by atoms with Gasteiger partial charge in [0.25, 0.3) is 0 Å². The standard InChI is InChI=1S/C11H18N4S/c12-11(4-2-1-3-5-11)10-14-13-9-8-16-7-6-15(9)10/h1-8,12H2. The van der Waals surface area contributed by atoms with Crippen molar-refractivity contribution in [3.05, 3.63) is 11.6 Å². The number of rotatable bonds is 1. The Bertz CT molecular complexity index is 381. The van der Waals surface area contributed by atoms with Crippen LogP contribution >= 0.6 is 11.8 Å². The Labute approximate surface area is 100.0 Å². The first kappa shape index (κ1) is 10.6. The van der Waals surface area contributed by atoms with Crippen molar-refractivity contribution in [3.8, 4) is 0 Å². The third kappa shape index (κ3) is 1.66. The van der Waals surface area contributed by atoms with Crippen LogP contribution in [0.15, 0.2) is 0 Å². The van der Waals surface area contributed by atoms with Gasteiger partial charge >= 0.3 is 0 Å². The van der Waals surface area contributed by atoms with Gasteiger partial charge in [0.05, 0.1) is 11.3 Å². The quantitative estimate of drug-likeness (QED) is 0.808. The molecule has 0 radical (unpaired) electrons. The smallest absolute Gasteiger partial charge is 0.153 e. The first-order valence-corrected chi connectivity index (χ1v) is 7.24. The molecule has 1 aliphatic heterocycles. The van der Waals surface area contributed by atoms with Crippen LogP contribution in [0.4, 0.5) is 0 Å². The average Bonchev–Trinajstić information content (AvgIpc) is 2.74. The normalized spacial score (nSPS) is 24.1. The first-order valence-electron chi connectivity index (χ1n) is 6.09. The van der Waals surface area contributed by atoms with Crippen molar-refractivity contribution >= 4 is 11.8 Å². The highest BCUT2D eigenvalue weighted by molar-refractivity contribution is 7.98. The van der Waals surface area contributed by atoms with Gasteiger partial charge in [-0.05, 0) is 12.8 Å². The molecule has 2 aliphatic rings. The second-order valence-electron chi connectivity index (χ2n) is 4.86. The topological polar surface area (TPSA) is 56.7 Å². The van der Waals surface area contributed by atoms with Crippen molar-refractivity contribution in [2.24, 2.45) is 5.73 Å². The molecule has 3 rings (SSSR count). The van der Waals surface area contributed by atoms with Crippen molar-refractivity contribution in [1.82, 2.24) is 14.8 Å². The Balaban J connectivity index is 1.95. The van der Waals surface area contributed by atoms with E-state index in [1.807, 2.05) is 11.8 Å². The van der Waals surface area contributed by atoms with Crippen LogP contribution in [0.2, 0.25) is 0 Å². The number of nitrogens with two attached hydrogens (primary N) is 1. The zero-order valence-electron chi connectivity index (χ0n) is 9.48. The minimum Gasteiger partial charge on any atom is -0.319 e. The second kappa shape index (κ2) is 4.04. The Morgan fingerprint density at radius 2 is 2.00 bits per heavy atom. The van der Waals surface area contributed by atoms with E-state index in [1.54, 1.807) is 0 Å². The number of hydrogen-bond acceptors (Lipinski definition) is 4.